The first-order valence-electron chi connectivity index (χ1n) is 6.44. The second kappa shape index (κ2) is 6.16. The van der Waals surface area contributed by atoms with Crippen LogP contribution in [-0.4, -0.2) is 44.7 Å². The molecule has 1 aromatic rings. The van der Waals surface area contributed by atoms with E-state index >= 15 is 0 Å². The van der Waals surface area contributed by atoms with Gasteiger partial charge in [-0.2, -0.15) is 0 Å². The van der Waals surface area contributed by atoms with Crippen molar-refractivity contribution < 1.29 is 9.13 Å². The van der Waals surface area contributed by atoms with E-state index in [4.69, 9.17) is 4.74 Å². The average molecular weight is 252 g/mol. The van der Waals surface area contributed by atoms with Crippen LogP contribution in [0.1, 0.15) is 12.0 Å². The molecule has 0 spiro atoms. The van der Waals surface area contributed by atoms with E-state index in [2.05, 4.69) is 17.3 Å². The Hall–Kier alpha value is -1.13. The van der Waals surface area contributed by atoms with Gasteiger partial charge in [0.25, 0.3) is 0 Å². The molecule has 0 aliphatic carbocycles. The normalized spacial score (nSPS) is 19.4. The molecule has 18 heavy (non-hydrogen) atoms. The molecular weight excluding hydrogens is 231 g/mol. The van der Waals surface area contributed by atoms with Crippen LogP contribution in [0.5, 0.6) is 5.75 Å². The number of methoxy groups -OCH3 is 1. The Morgan fingerprint density at radius 2 is 2.33 bits per heavy atom. The van der Waals surface area contributed by atoms with Crippen LogP contribution in [0.4, 0.5) is 4.39 Å². The molecule has 0 saturated carbocycles. The summed E-state index contributed by atoms with van der Waals surface area (Å²) >= 11 is 0. The van der Waals surface area contributed by atoms with Gasteiger partial charge >= 0.3 is 0 Å². The monoisotopic (exact) mass is 252 g/mol. The van der Waals surface area contributed by atoms with Gasteiger partial charge in [0.15, 0.2) is 0 Å². The number of benzene rings is 1. The smallest absolute Gasteiger partial charge is 0.123 e. The molecule has 3 nitrogen and oxygen atoms in total. The van der Waals surface area contributed by atoms with Crippen LogP contribution in [0.15, 0.2) is 18.2 Å². The maximum atomic E-state index is 13.2. The fourth-order valence-corrected chi connectivity index (χ4v) is 2.44. The lowest BCUT2D eigenvalue weighted by atomic mass is 10.1. The number of rotatable bonds is 5. The van der Waals surface area contributed by atoms with Gasteiger partial charge in [0.05, 0.1) is 7.11 Å². The van der Waals surface area contributed by atoms with Crippen molar-refractivity contribution in [2.75, 3.05) is 33.8 Å². The number of nitrogens with one attached hydrogen (secondary N) is 1. The van der Waals surface area contributed by atoms with Gasteiger partial charge in [-0.05, 0) is 50.2 Å². The lowest BCUT2D eigenvalue weighted by Crippen LogP contribution is -2.34. The quantitative estimate of drug-likeness (QED) is 0.862. The molecule has 2 rings (SSSR count). The summed E-state index contributed by atoms with van der Waals surface area (Å²) in [6, 6.07) is 5.30. The molecule has 4 heteroatoms. The van der Waals surface area contributed by atoms with E-state index in [1.165, 1.54) is 12.5 Å². The van der Waals surface area contributed by atoms with Gasteiger partial charge in [-0.25, -0.2) is 4.39 Å². The van der Waals surface area contributed by atoms with E-state index in [1.807, 2.05) is 0 Å². The Kier molecular flexibility index (Phi) is 4.55. The van der Waals surface area contributed by atoms with Crippen molar-refractivity contribution in [1.82, 2.24) is 10.2 Å². The zero-order chi connectivity index (χ0) is 13.0. The van der Waals surface area contributed by atoms with Crippen molar-refractivity contribution in [3.8, 4) is 5.75 Å². The molecule has 0 aromatic heterocycles. The van der Waals surface area contributed by atoms with Crippen LogP contribution in [0, 0.1) is 5.82 Å². The third-order valence-electron chi connectivity index (χ3n) is 3.63. The molecule has 1 fully saturated rings. The lowest BCUT2D eigenvalue weighted by molar-refractivity contribution is 0.259. The van der Waals surface area contributed by atoms with Crippen molar-refractivity contribution in [1.29, 1.82) is 0 Å². The molecule has 1 aliphatic rings. The van der Waals surface area contributed by atoms with E-state index in [1.54, 1.807) is 19.2 Å². The van der Waals surface area contributed by atoms with Crippen molar-refractivity contribution in [3.05, 3.63) is 29.6 Å². The van der Waals surface area contributed by atoms with Gasteiger partial charge in [0.1, 0.15) is 11.6 Å². The summed E-state index contributed by atoms with van der Waals surface area (Å²) < 4.78 is 18.5. The highest BCUT2D eigenvalue weighted by Crippen LogP contribution is 2.20. The summed E-state index contributed by atoms with van der Waals surface area (Å²) in [4.78, 5) is 2.34. The number of hydrogen-bond acceptors (Lipinski definition) is 3. The molecule has 1 aromatic carbocycles. The van der Waals surface area contributed by atoms with Crippen LogP contribution in [-0.2, 0) is 6.42 Å². The predicted molar refractivity (Wildman–Crippen MR) is 70.6 cm³/mol. The van der Waals surface area contributed by atoms with Crippen molar-refractivity contribution in [3.63, 3.8) is 0 Å². The topological polar surface area (TPSA) is 24.5 Å². The fraction of sp³-hybridized carbons (Fsp3) is 0.571. The highest BCUT2D eigenvalue weighted by molar-refractivity contribution is 5.34. The predicted octanol–water partition coefficient (Wildman–Crippen LogP) is 1.67. The van der Waals surface area contributed by atoms with E-state index < -0.39 is 0 Å². The van der Waals surface area contributed by atoms with Gasteiger partial charge < -0.3 is 15.0 Å². The molecule has 1 saturated heterocycles. The highest BCUT2D eigenvalue weighted by Gasteiger charge is 2.19. The second-order valence-corrected chi connectivity index (χ2v) is 4.83. The second-order valence-electron chi connectivity index (χ2n) is 4.83. The molecule has 1 unspecified atom stereocenters. The third kappa shape index (κ3) is 3.21. The first kappa shape index (κ1) is 13.3. The zero-order valence-corrected chi connectivity index (χ0v) is 11.1. The molecule has 0 bridgehead atoms. The number of ether oxygens (including phenoxy) is 1. The molecule has 0 radical (unpaired) electrons. The Morgan fingerprint density at radius 3 is 3.00 bits per heavy atom. The summed E-state index contributed by atoms with van der Waals surface area (Å²) in [7, 11) is 3.75. The number of halogens is 1. The van der Waals surface area contributed by atoms with Crippen molar-refractivity contribution >= 4 is 0 Å². The molecule has 1 N–H and O–H groups in total. The first-order valence-corrected chi connectivity index (χ1v) is 6.44. The Morgan fingerprint density at radius 1 is 1.50 bits per heavy atom. The fourth-order valence-electron chi connectivity index (χ4n) is 2.44. The van der Waals surface area contributed by atoms with Crippen LogP contribution >= 0.6 is 0 Å². The van der Waals surface area contributed by atoms with Gasteiger partial charge in [-0.1, -0.05) is 0 Å². The average Bonchev–Trinajstić information content (AvgIpc) is 2.90. The molecule has 100 valence electrons. The first-order chi connectivity index (χ1) is 8.70. The van der Waals surface area contributed by atoms with Gasteiger partial charge in [0.2, 0.25) is 0 Å². The van der Waals surface area contributed by atoms with Crippen molar-refractivity contribution in [2.24, 2.45) is 0 Å². The highest BCUT2D eigenvalue weighted by atomic mass is 19.1. The maximum absolute atomic E-state index is 13.2. The molecular formula is C14H21FN2O. The Balaban J connectivity index is 1.94. The van der Waals surface area contributed by atoms with Crippen molar-refractivity contribution in [2.45, 2.75) is 18.9 Å². The maximum Gasteiger partial charge on any atom is 0.123 e. The summed E-state index contributed by atoms with van der Waals surface area (Å²) in [5.41, 5.74) is 0.940. The van der Waals surface area contributed by atoms with E-state index in [-0.39, 0.29) is 5.82 Å². The molecule has 0 amide bonds. The van der Waals surface area contributed by atoms with E-state index in [0.29, 0.717) is 6.04 Å². The third-order valence-corrected chi connectivity index (χ3v) is 3.63. The van der Waals surface area contributed by atoms with Gasteiger partial charge in [-0.15, -0.1) is 0 Å². The number of hydrogen-bond donors (Lipinski definition) is 1. The minimum absolute atomic E-state index is 0.198. The molecule has 1 atom stereocenters. The Labute approximate surface area is 108 Å². The zero-order valence-electron chi connectivity index (χ0n) is 11.1. The van der Waals surface area contributed by atoms with Crippen LogP contribution < -0.4 is 10.1 Å². The standard InChI is InChI=1S/C14H21FN2O/c1-17(13-5-7-16-10-13)8-6-11-9-12(15)3-4-14(11)18-2/h3-4,9,13,16H,5-8,10H2,1-2H3. The summed E-state index contributed by atoms with van der Waals surface area (Å²) in [6.07, 6.45) is 2.00. The van der Waals surface area contributed by atoms with Gasteiger partial charge in [0, 0.05) is 19.1 Å². The molecule has 1 aliphatic heterocycles. The largest absolute Gasteiger partial charge is 0.496 e. The van der Waals surface area contributed by atoms with E-state index in [9.17, 15) is 4.39 Å². The lowest BCUT2D eigenvalue weighted by Gasteiger charge is -2.23. The van der Waals surface area contributed by atoms with Crippen LogP contribution in [0.3, 0.4) is 0 Å². The SMILES string of the molecule is COc1ccc(F)cc1CCN(C)C1CCNC1. The van der Waals surface area contributed by atoms with Crippen LogP contribution in [0.2, 0.25) is 0 Å². The number of nitrogens with zero attached hydrogens (tertiary/aromatic N) is 1. The van der Waals surface area contributed by atoms with Gasteiger partial charge in [-0.3, -0.25) is 0 Å². The number of likely N-dealkylation sites (N-methyl/N-ethyl adjacent to an activating group) is 1. The summed E-state index contributed by atoms with van der Waals surface area (Å²) in [5.74, 6) is 0.574. The summed E-state index contributed by atoms with van der Waals surface area (Å²) in [5, 5.41) is 3.36. The summed E-state index contributed by atoms with van der Waals surface area (Å²) in [6.45, 7) is 3.07. The van der Waals surface area contributed by atoms with E-state index in [0.717, 1.165) is 37.4 Å². The molecule has 1 heterocycles. The van der Waals surface area contributed by atoms with Crippen LogP contribution in [0.25, 0.3) is 0 Å². The Bertz CT molecular complexity index is 391. The minimum Gasteiger partial charge on any atom is -0.496 e. The minimum atomic E-state index is -0.198.